The predicted molar refractivity (Wildman–Crippen MR) is 74.0 cm³/mol. The van der Waals surface area contributed by atoms with E-state index in [1.807, 2.05) is 0 Å². The maximum Gasteiger partial charge on any atom is 0.335 e. The van der Waals surface area contributed by atoms with Crippen molar-refractivity contribution in [1.29, 1.82) is 0 Å². The first-order valence-electron chi connectivity index (χ1n) is 6.86. The number of carboxylic acid groups (broad SMARTS) is 1. The van der Waals surface area contributed by atoms with Crippen molar-refractivity contribution in [1.82, 2.24) is 4.90 Å². The minimum atomic E-state index is -1.02. The monoisotopic (exact) mass is 277 g/mol. The smallest absolute Gasteiger partial charge is 0.335 e. The standard InChI is InChI=1S/C15H19NO4/c1-2-4-13-10-16(7-8-20-13)14(17)11-5-3-6-12(9-11)15(18)19/h3,5-6,9,13H,2,4,7-8,10H2,1H3,(H,18,19). The second-order valence-electron chi connectivity index (χ2n) is 4.92. The zero-order valence-electron chi connectivity index (χ0n) is 11.5. The zero-order valence-corrected chi connectivity index (χ0v) is 11.5. The first-order valence-corrected chi connectivity index (χ1v) is 6.86. The highest BCUT2D eigenvalue weighted by Gasteiger charge is 2.24. The highest BCUT2D eigenvalue weighted by Crippen LogP contribution is 2.15. The second kappa shape index (κ2) is 6.52. The van der Waals surface area contributed by atoms with E-state index in [1.165, 1.54) is 12.1 Å². The van der Waals surface area contributed by atoms with Crippen LogP contribution in [0.4, 0.5) is 0 Å². The molecule has 1 atom stereocenters. The summed E-state index contributed by atoms with van der Waals surface area (Å²) in [5, 5.41) is 8.97. The van der Waals surface area contributed by atoms with E-state index in [2.05, 4.69) is 6.92 Å². The van der Waals surface area contributed by atoms with Gasteiger partial charge in [-0.2, -0.15) is 0 Å². The van der Waals surface area contributed by atoms with Crippen molar-refractivity contribution >= 4 is 11.9 Å². The number of rotatable bonds is 4. The average molecular weight is 277 g/mol. The van der Waals surface area contributed by atoms with Gasteiger partial charge in [-0.3, -0.25) is 4.79 Å². The van der Waals surface area contributed by atoms with E-state index in [4.69, 9.17) is 9.84 Å². The van der Waals surface area contributed by atoms with Crippen molar-refractivity contribution in [2.75, 3.05) is 19.7 Å². The summed E-state index contributed by atoms with van der Waals surface area (Å²) in [7, 11) is 0. The number of carbonyl (C=O) groups excluding carboxylic acids is 1. The molecule has 1 aromatic rings. The van der Waals surface area contributed by atoms with Gasteiger partial charge in [-0.05, 0) is 24.6 Å². The molecule has 1 aliphatic heterocycles. The van der Waals surface area contributed by atoms with Crippen LogP contribution in [0.5, 0.6) is 0 Å². The highest BCUT2D eigenvalue weighted by atomic mass is 16.5. The fraction of sp³-hybridized carbons (Fsp3) is 0.467. The predicted octanol–water partition coefficient (Wildman–Crippen LogP) is 2.03. The summed E-state index contributed by atoms with van der Waals surface area (Å²) in [5.74, 6) is -1.15. The van der Waals surface area contributed by atoms with Crippen molar-refractivity contribution < 1.29 is 19.4 Å². The molecule has 1 amide bonds. The minimum Gasteiger partial charge on any atom is -0.478 e. The van der Waals surface area contributed by atoms with Crippen LogP contribution in [0, 0.1) is 0 Å². The Kier molecular flexibility index (Phi) is 4.74. The Morgan fingerprint density at radius 3 is 2.85 bits per heavy atom. The first-order chi connectivity index (χ1) is 9.61. The third-order valence-electron chi connectivity index (χ3n) is 3.39. The molecule has 0 aliphatic carbocycles. The number of nitrogens with zero attached hydrogens (tertiary/aromatic N) is 1. The van der Waals surface area contributed by atoms with Crippen LogP contribution >= 0.6 is 0 Å². The van der Waals surface area contributed by atoms with Crippen LogP contribution in [-0.2, 0) is 4.74 Å². The summed E-state index contributed by atoms with van der Waals surface area (Å²) < 4.78 is 5.61. The Bertz CT molecular complexity index is 498. The summed E-state index contributed by atoms with van der Waals surface area (Å²) >= 11 is 0. The number of hydrogen-bond donors (Lipinski definition) is 1. The molecule has 5 nitrogen and oxygen atoms in total. The number of ether oxygens (including phenoxy) is 1. The molecule has 1 N–H and O–H groups in total. The lowest BCUT2D eigenvalue weighted by molar-refractivity contribution is -0.0250. The van der Waals surface area contributed by atoms with Crippen molar-refractivity contribution in [2.24, 2.45) is 0 Å². The van der Waals surface area contributed by atoms with E-state index in [9.17, 15) is 9.59 Å². The van der Waals surface area contributed by atoms with Gasteiger partial charge in [-0.15, -0.1) is 0 Å². The molecule has 1 heterocycles. The Hall–Kier alpha value is -1.88. The van der Waals surface area contributed by atoms with Crippen molar-refractivity contribution in [3.05, 3.63) is 35.4 Å². The van der Waals surface area contributed by atoms with Gasteiger partial charge in [0.15, 0.2) is 0 Å². The van der Waals surface area contributed by atoms with Gasteiger partial charge < -0.3 is 14.7 Å². The molecule has 1 unspecified atom stereocenters. The molecule has 20 heavy (non-hydrogen) atoms. The molecule has 108 valence electrons. The van der Waals surface area contributed by atoms with E-state index in [-0.39, 0.29) is 17.6 Å². The van der Waals surface area contributed by atoms with Crippen LogP contribution < -0.4 is 0 Å². The van der Waals surface area contributed by atoms with Gasteiger partial charge in [0.1, 0.15) is 0 Å². The molecule has 0 spiro atoms. The molecule has 1 aliphatic rings. The van der Waals surface area contributed by atoms with Crippen molar-refractivity contribution in [3.8, 4) is 0 Å². The Balaban J connectivity index is 2.10. The number of hydrogen-bond acceptors (Lipinski definition) is 3. The maximum atomic E-state index is 12.4. The quantitative estimate of drug-likeness (QED) is 0.914. The van der Waals surface area contributed by atoms with Gasteiger partial charge >= 0.3 is 5.97 Å². The highest BCUT2D eigenvalue weighted by molar-refractivity contribution is 5.97. The van der Waals surface area contributed by atoms with E-state index in [0.717, 1.165) is 12.8 Å². The number of morpholine rings is 1. The van der Waals surface area contributed by atoms with Crippen LogP contribution in [0.15, 0.2) is 24.3 Å². The lowest BCUT2D eigenvalue weighted by Gasteiger charge is -2.33. The largest absolute Gasteiger partial charge is 0.478 e. The first kappa shape index (κ1) is 14.5. The summed E-state index contributed by atoms with van der Waals surface area (Å²) in [6, 6.07) is 6.16. The van der Waals surface area contributed by atoms with Crippen LogP contribution in [-0.4, -0.2) is 47.7 Å². The van der Waals surface area contributed by atoms with Crippen LogP contribution in [0.3, 0.4) is 0 Å². The fourth-order valence-corrected chi connectivity index (χ4v) is 2.37. The van der Waals surface area contributed by atoms with Crippen LogP contribution in [0.2, 0.25) is 0 Å². The second-order valence-corrected chi connectivity index (χ2v) is 4.92. The lowest BCUT2D eigenvalue weighted by atomic mass is 10.1. The van der Waals surface area contributed by atoms with Crippen LogP contribution in [0.25, 0.3) is 0 Å². The Morgan fingerprint density at radius 1 is 1.40 bits per heavy atom. The van der Waals surface area contributed by atoms with Gasteiger partial charge in [0, 0.05) is 18.7 Å². The van der Waals surface area contributed by atoms with Crippen molar-refractivity contribution in [2.45, 2.75) is 25.9 Å². The molecule has 1 saturated heterocycles. The fourth-order valence-electron chi connectivity index (χ4n) is 2.37. The van der Waals surface area contributed by atoms with Gasteiger partial charge in [0.25, 0.3) is 5.91 Å². The van der Waals surface area contributed by atoms with E-state index >= 15 is 0 Å². The van der Waals surface area contributed by atoms with Gasteiger partial charge in [-0.1, -0.05) is 19.4 Å². The molecule has 1 fully saturated rings. The van der Waals surface area contributed by atoms with Gasteiger partial charge in [0.2, 0.25) is 0 Å². The Morgan fingerprint density at radius 2 is 2.15 bits per heavy atom. The molecule has 0 bridgehead atoms. The molecule has 0 saturated carbocycles. The number of amides is 1. The summed E-state index contributed by atoms with van der Waals surface area (Å²) in [4.78, 5) is 25.1. The summed E-state index contributed by atoms with van der Waals surface area (Å²) in [5.41, 5.74) is 0.552. The van der Waals surface area contributed by atoms with E-state index < -0.39 is 5.97 Å². The zero-order chi connectivity index (χ0) is 14.5. The maximum absolute atomic E-state index is 12.4. The molecule has 2 rings (SSSR count). The molecular weight excluding hydrogens is 258 g/mol. The molecule has 0 radical (unpaired) electrons. The summed E-state index contributed by atoms with van der Waals surface area (Å²) in [6.45, 7) is 3.75. The molecular formula is C15H19NO4. The normalized spacial score (nSPS) is 18.9. The van der Waals surface area contributed by atoms with E-state index in [0.29, 0.717) is 25.3 Å². The minimum absolute atomic E-state index is 0.0837. The molecule has 1 aromatic carbocycles. The number of carbonyl (C=O) groups is 2. The number of carboxylic acids is 1. The van der Waals surface area contributed by atoms with Gasteiger partial charge in [0.05, 0.1) is 18.3 Å². The molecule has 0 aromatic heterocycles. The topological polar surface area (TPSA) is 66.8 Å². The average Bonchev–Trinajstić information content (AvgIpc) is 2.47. The lowest BCUT2D eigenvalue weighted by Crippen LogP contribution is -2.45. The number of benzene rings is 1. The number of aromatic carboxylic acids is 1. The third-order valence-corrected chi connectivity index (χ3v) is 3.39. The van der Waals surface area contributed by atoms with E-state index in [1.54, 1.807) is 17.0 Å². The molecule has 5 heteroatoms. The van der Waals surface area contributed by atoms with Gasteiger partial charge in [-0.25, -0.2) is 4.79 Å². The van der Waals surface area contributed by atoms with Crippen molar-refractivity contribution in [3.63, 3.8) is 0 Å². The SMILES string of the molecule is CCCC1CN(C(=O)c2cccc(C(=O)O)c2)CCO1. The van der Waals surface area contributed by atoms with Crippen LogP contribution in [0.1, 0.15) is 40.5 Å². The summed E-state index contributed by atoms with van der Waals surface area (Å²) in [6.07, 6.45) is 2.03. The Labute approximate surface area is 118 Å². The third kappa shape index (κ3) is 3.36.